The molecule has 6 heteroatoms. The molecular weight excluding hydrogens is 360 g/mol. The summed E-state index contributed by atoms with van der Waals surface area (Å²) in [7, 11) is 0. The smallest absolute Gasteiger partial charge is 0.342 e. The lowest BCUT2D eigenvalue weighted by Crippen LogP contribution is -2.20. The lowest BCUT2D eigenvalue weighted by atomic mass is 9.97. The molecule has 152 valence electrons. The topological polar surface area (TPSA) is 71.1 Å². The first kappa shape index (κ1) is 21.5. The van der Waals surface area contributed by atoms with Gasteiger partial charge in [-0.2, -0.15) is 0 Å². The van der Waals surface area contributed by atoms with Gasteiger partial charge in [0.2, 0.25) is 0 Å². The van der Waals surface area contributed by atoms with Gasteiger partial charge in [-0.05, 0) is 34.1 Å². The van der Waals surface area contributed by atoms with Crippen molar-refractivity contribution in [1.82, 2.24) is 0 Å². The quantitative estimate of drug-likeness (QED) is 0.576. The van der Waals surface area contributed by atoms with Gasteiger partial charge in [-0.25, -0.2) is 9.59 Å². The Balaban J connectivity index is 2.94. The van der Waals surface area contributed by atoms with Gasteiger partial charge < -0.3 is 18.9 Å². The van der Waals surface area contributed by atoms with E-state index in [4.69, 9.17) is 18.9 Å². The zero-order valence-electron chi connectivity index (χ0n) is 17.2. The van der Waals surface area contributed by atoms with Crippen LogP contribution >= 0.6 is 0 Å². The minimum Gasteiger partial charge on any atom is -0.492 e. The predicted molar refractivity (Wildman–Crippen MR) is 107 cm³/mol. The fraction of sp³-hybridized carbons (Fsp3) is 0.455. The van der Waals surface area contributed by atoms with Crippen LogP contribution in [0.4, 0.5) is 0 Å². The Kier molecular flexibility index (Phi) is 7.67. The Morgan fingerprint density at radius 1 is 0.857 bits per heavy atom. The van der Waals surface area contributed by atoms with E-state index in [2.05, 4.69) is 0 Å². The van der Waals surface area contributed by atoms with E-state index in [1.807, 2.05) is 45.0 Å². The van der Waals surface area contributed by atoms with Gasteiger partial charge >= 0.3 is 11.9 Å². The maximum atomic E-state index is 12.9. The zero-order chi connectivity index (χ0) is 20.7. The predicted octanol–water partition coefficient (Wildman–Crippen LogP) is 4.77. The van der Waals surface area contributed by atoms with Crippen molar-refractivity contribution in [3.63, 3.8) is 0 Å². The van der Waals surface area contributed by atoms with Gasteiger partial charge in [-0.3, -0.25) is 0 Å². The molecule has 0 fully saturated rings. The van der Waals surface area contributed by atoms with Crippen molar-refractivity contribution in [1.29, 1.82) is 0 Å². The normalized spacial score (nSPS) is 10.8. The molecule has 0 aliphatic rings. The summed E-state index contributed by atoms with van der Waals surface area (Å²) < 4.78 is 22.4. The summed E-state index contributed by atoms with van der Waals surface area (Å²) in [6, 6.07) is 7.37. The van der Waals surface area contributed by atoms with Crippen LogP contribution in [0.25, 0.3) is 10.8 Å². The molecule has 0 saturated carbocycles. The first-order valence-electron chi connectivity index (χ1n) is 9.68. The van der Waals surface area contributed by atoms with E-state index in [1.54, 1.807) is 13.8 Å². The molecule has 2 aromatic carbocycles. The van der Waals surface area contributed by atoms with Crippen molar-refractivity contribution in [3.05, 3.63) is 35.4 Å². The molecule has 0 aromatic heterocycles. The van der Waals surface area contributed by atoms with Crippen LogP contribution in [-0.4, -0.2) is 37.9 Å². The van der Waals surface area contributed by atoms with Crippen molar-refractivity contribution in [2.45, 2.75) is 47.1 Å². The zero-order valence-corrected chi connectivity index (χ0v) is 17.2. The van der Waals surface area contributed by atoms with Gasteiger partial charge in [-0.15, -0.1) is 0 Å². The number of carbonyl (C=O) groups excluding carboxylic acids is 2. The highest BCUT2D eigenvalue weighted by atomic mass is 16.5. The average Bonchev–Trinajstić information content (AvgIpc) is 2.66. The van der Waals surface area contributed by atoms with Gasteiger partial charge in [0.05, 0.1) is 25.9 Å². The molecule has 6 nitrogen and oxygen atoms in total. The number of carbonyl (C=O) groups is 2. The van der Waals surface area contributed by atoms with Crippen LogP contribution in [0.15, 0.2) is 24.3 Å². The second-order valence-corrected chi connectivity index (χ2v) is 6.41. The first-order valence-corrected chi connectivity index (χ1v) is 9.68. The van der Waals surface area contributed by atoms with Crippen LogP contribution in [0.1, 0.15) is 61.8 Å². The molecule has 2 aromatic rings. The van der Waals surface area contributed by atoms with Gasteiger partial charge in [0.25, 0.3) is 0 Å². The third kappa shape index (κ3) is 4.55. The van der Waals surface area contributed by atoms with Gasteiger partial charge in [0.1, 0.15) is 22.6 Å². The van der Waals surface area contributed by atoms with Crippen LogP contribution in [0.5, 0.6) is 11.5 Å². The fourth-order valence-electron chi connectivity index (χ4n) is 2.88. The first-order chi connectivity index (χ1) is 13.5. The summed E-state index contributed by atoms with van der Waals surface area (Å²) in [6.07, 6.45) is 0.532. The Labute approximate surface area is 165 Å². The molecule has 0 radical (unpaired) electrons. The molecule has 0 aliphatic heterocycles. The molecule has 0 spiro atoms. The lowest BCUT2D eigenvalue weighted by Gasteiger charge is -2.22. The molecule has 2 rings (SSSR count). The molecule has 0 aliphatic carbocycles. The van der Waals surface area contributed by atoms with Gasteiger partial charge in [0.15, 0.2) is 0 Å². The Morgan fingerprint density at radius 2 is 1.36 bits per heavy atom. The maximum Gasteiger partial charge on any atom is 0.342 e. The van der Waals surface area contributed by atoms with Crippen LogP contribution in [-0.2, 0) is 9.47 Å². The summed E-state index contributed by atoms with van der Waals surface area (Å²) in [6.45, 7) is 9.82. The van der Waals surface area contributed by atoms with Crippen LogP contribution in [0, 0.1) is 0 Å². The molecule has 0 amide bonds. The third-order valence-corrected chi connectivity index (χ3v) is 3.88. The lowest BCUT2D eigenvalue weighted by molar-refractivity contribution is 0.0470. The van der Waals surface area contributed by atoms with E-state index in [0.717, 1.165) is 6.42 Å². The standard InChI is InChI=1S/C22H28O6/c1-6-13-27-19-15-11-9-10-12-16(15)20(28-14(4)5)18(22(24)26-8-3)17(19)21(23)25-7-2/h9-12,14H,6-8,13H2,1-5H3. The number of benzene rings is 2. The van der Waals surface area contributed by atoms with E-state index in [-0.39, 0.29) is 30.4 Å². The van der Waals surface area contributed by atoms with E-state index >= 15 is 0 Å². The minimum atomic E-state index is -0.645. The van der Waals surface area contributed by atoms with E-state index in [1.165, 1.54) is 0 Å². The molecule has 0 heterocycles. The van der Waals surface area contributed by atoms with Gasteiger partial charge in [-0.1, -0.05) is 31.2 Å². The molecule has 0 saturated heterocycles. The Bertz CT molecular complexity index is 841. The van der Waals surface area contributed by atoms with Crippen molar-refractivity contribution in [3.8, 4) is 11.5 Å². The van der Waals surface area contributed by atoms with Crippen molar-refractivity contribution < 1.29 is 28.5 Å². The van der Waals surface area contributed by atoms with E-state index < -0.39 is 11.9 Å². The number of esters is 2. The summed E-state index contributed by atoms with van der Waals surface area (Å²) in [5.41, 5.74) is 0.0851. The van der Waals surface area contributed by atoms with Crippen molar-refractivity contribution in [2.24, 2.45) is 0 Å². The number of hydrogen-bond donors (Lipinski definition) is 0. The number of hydrogen-bond acceptors (Lipinski definition) is 6. The average molecular weight is 388 g/mol. The third-order valence-electron chi connectivity index (χ3n) is 3.88. The summed E-state index contributed by atoms with van der Waals surface area (Å²) >= 11 is 0. The second kappa shape index (κ2) is 9.97. The minimum absolute atomic E-state index is 0.0406. The summed E-state index contributed by atoms with van der Waals surface area (Å²) in [5.74, 6) is -0.671. The highest BCUT2D eigenvalue weighted by Crippen LogP contribution is 2.42. The van der Waals surface area contributed by atoms with Crippen LogP contribution in [0.2, 0.25) is 0 Å². The Hall–Kier alpha value is -2.76. The molecule has 0 N–H and O–H groups in total. The Morgan fingerprint density at radius 3 is 1.82 bits per heavy atom. The SMILES string of the molecule is CCCOc1c(C(=O)OCC)c(C(=O)OCC)c(OC(C)C)c2ccccc12. The second-order valence-electron chi connectivity index (χ2n) is 6.41. The molecule has 0 bridgehead atoms. The monoisotopic (exact) mass is 388 g/mol. The molecule has 0 unspecified atom stereocenters. The number of ether oxygens (including phenoxy) is 4. The fourth-order valence-corrected chi connectivity index (χ4v) is 2.88. The summed E-state index contributed by atoms with van der Waals surface area (Å²) in [4.78, 5) is 25.8. The molecule has 0 atom stereocenters. The highest BCUT2D eigenvalue weighted by Gasteiger charge is 2.32. The van der Waals surface area contributed by atoms with Crippen LogP contribution in [0.3, 0.4) is 0 Å². The largest absolute Gasteiger partial charge is 0.492 e. The summed E-state index contributed by atoms with van der Waals surface area (Å²) in [5, 5.41) is 1.36. The van der Waals surface area contributed by atoms with Crippen molar-refractivity contribution >= 4 is 22.7 Å². The van der Waals surface area contributed by atoms with Crippen molar-refractivity contribution in [2.75, 3.05) is 19.8 Å². The van der Waals surface area contributed by atoms with Gasteiger partial charge in [0, 0.05) is 10.8 Å². The van der Waals surface area contributed by atoms with E-state index in [9.17, 15) is 9.59 Å². The molecule has 28 heavy (non-hydrogen) atoms. The van der Waals surface area contributed by atoms with Crippen LogP contribution < -0.4 is 9.47 Å². The molecular formula is C22H28O6. The maximum absolute atomic E-state index is 12.9. The van der Waals surface area contributed by atoms with E-state index in [0.29, 0.717) is 28.9 Å². The highest BCUT2D eigenvalue weighted by molar-refractivity contribution is 6.14. The number of rotatable bonds is 9. The number of fused-ring (bicyclic) bond motifs is 1.